The van der Waals surface area contributed by atoms with Crippen molar-refractivity contribution in [3.05, 3.63) is 146 Å². The highest BCUT2D eigenvalue weighted by atomic mass is 32.2. The van der Waals surface area contributed by atoms with Gasteiger partial charge in [0.2, 0.25) is 0 Å². The zero-order valence-electron chi connectivity index (χ0n) is 25.7. The SMILES string of the molecule is C1=CSc2ccccc2C(c2ccccc2)=N1.CCCCC1=c2ccc3c(c2CCC1CCCC)CC=c1ccccc1=3. The van der Waals surface area contributed by atoms with Crippen molar-refractivity contribution >= 4 is 29.1 Å². The highest BCUT2D eigenvalue weighted by Crippen LogP contribution is 2.32. The minimum Gasteiger partial charge on any atom is -0.255 e. The lowest BCUT2D eigenvalue weighted by molar-refractivity contribution is 0.503. The van der Waals surface area contributed by atoms with E-state index in [1.165, 1.54) is 77.5 Å². The summed E-state index contributed by atoms with van der Waals surface area (Å²) in [6.45, 7) is 4.65. The van der Waals surface area contributed by atoms with Crippen molar-refractivity contribution in [1.82, 2.24) is 0 Å². The fourth-order valence-corrected chi connectivity index (χ4v) is 7.67. The third-order valence-electron chi connectivity index (χ3n) is 9.14. The Morgan fingerprint density at radius 2 is 1.51 bits per heavy atom. The molecule has 1 atom stereocenters. The zero-order chi connectivity index (χ0) is 29.4. The van der Waals surface area contributed by atoms with Crippen molar-refractivity contribution in [1.29, 1.82) is 0 Å². The summed E-state index contributed by atoms with van der Waals surface area (Å²) in [5.41, 5.74) is 8.47. The van der Waals surface area contributed by atoms with Gasteiger partial charge in [-0.1, -0.05) is 141 Å². The van der Waals surface area contributed by atoms with Crippen LogP contribution < -0.4 is 10.4 Å². The number of unbranched alkanes of at least 4 members (excludes halogenated alkanes) is 2. The second kappa shape index (κ2) is 14.2. The molecule has 0 fully saturated rings. The molecule has 218 valence electrons. The lowest BCUT2D eigenvalue weighted by Crippen LogP contribution is -2.27. The first-order valence-corrected chi connectivity index (χ1v) is 17.1. The van der Waals surface area contributed by atoms with Crippen LogP contribution in [0.2, 0.25) is 0 Å². The van der Waals surface area contributed by atoms with Crippen LogP contribution in [0.4, 0.5) is 0 Å². The number of thioether (sulfide) groups is 1. The number of hydrogen-bond donors (Lipinski definition) is 0. The van der Waals surface area contributed by atoms with Crippen LogP contribution in [0.25, 0.3) is 11.6 Å². The summed E-state index contributed by atoms with van der Waals surface area (Å²) in [6, 6.07) is 32.5. The summed E-state index contributed by atoms with van der Waals surface area (Å²) in [7, 11) is 0. The maximum atomic E-state index is 4.55. The van der Waals surface area contributed by atoms with E-state index in [4.69, 9.17) is 0 Å². The number of aliphatic imine (C=N–C) groups is 1. The van der Waals surface area contributed by atoms with Gasteiger partial charge in [-0.2, -0.15) is 0 Å². The van der Waals surface area contributed by atoms with E-state index in [1.807, 2.05) is 29.8 Å². The molecule has 1 nitrogen and oxygen atoms in total. The largest absolute Gasteiger partial charge is 0.255 e. The molecule has 0 aromatic heterocycles. The monoisotopic (exact) mass is 581 g/mol. The maximum absolute atomic E-state index is 4.55. The maximum Gasteiger partial charge on any atom is 0.0785 e. The Labute approximate surface area is 261 Å². The molecule has 0 spiro atoms. The third-order valence-corrected chi connectivity index (χ3v) is 10.0. The normalized spacial score (nSPS) is 16.3. The quantitative estimate of drug-likeness (QED) is 0.212. The molecule has 0 N–H and O–H groups in total. The van der Waals surface area contributed by atoms with Crippen molar-refractivity contribution in [2.24, 2.45) is 10.9 Å². The van der Waals surface area contributed by atoms with Gasteiger partial charge in [0.15, 0.2) is 0 Å². The van der Waals surface area contributed by atoms with Crippen LogP contribution in [0.15, 0.2) is 112 Å². The molecule has 7 rings (SSSR count). The highest BCUT2D eigenvalue weighted by molar-refractivity contribution is 8.02. The van der Waals surface area contributed by atoms with Gasteiger partial charge in [-0.3, -0.25) is 4.99 Å². The molecule has 4 aromatic rings. The lowest BCUT2D eigenvalue weighted by Gasteiger charge is -2.28. The van der Waals surface area contributed by atoms with E-state index in [1.54, 1.807) is 33.7 Å². The van der Waals surface area contributed by atoms with Gasteiger partial charge < -0.3 is 0 Å². The molecular formula is C41H43NS. The van der Waals surface area contributed by atoms with Crippen molar-refractivity contribution in [2.75, 3.05) is 0 Å². The molecule has 1 heterocycles. The van der Waals surface area contributed by atoms with Gasteiger partial charge >= 0.3 is 0 Å². The van der Waals surface area contributed by atoms with E-state index in [-0.39, 0.29) is 0 Å². The smallest absolute Gasteiger partial charge is 0.0785 e. The summed E-state index contributed by atoms with van der Waals surface area (Å²) in [4.78, 5) is 5.80. The molecule has 0 saturated heterocycles. The Morgan fingerprint density at radius 3 is 2.37 bits per heavy atom. The second-order valence-electron chi connectivity index (χ2n) is 11.9. The Morgan fingerprint density at radius 1 is 0.744 bits per heavy atom. The lowest BCUT2D eigenvalue weighted by atomic mass is 9.77. The first-order valence-electron chi connectivity index (χ1n) is 16.3. The predicted octanol–water partition coefficient (Wildman–Crippen LogP) is 9.50. The summed E-state index contributed by atoms with van der Waals surface area (Å²) in [6.07, 6.45) is 16.1. The number of hydrogen-bond acceptors (Lipinski definition) is 2. The van der Waals surface area contributed by atoms with E-state index >= 15 is 0 Å². The van der Waals surface area contributed by atoms with Gasteiger partial charge in [0.25, 0.3) is 0 Å². The fraction of sp³-hybridized carbons (Fsp3) is 0.293. The van der Waals surface area contributed by atoms with E-state index in [2.05, 4.69) is 97.7 Å². The molecule has 4 aromatic carbocycles. The van der Waals surface area contributed by atoms with Gasteiger partial charge in [0, 0.05) is 22.2 Å². The van der Waals surface area contributed by atoms with Gasteiger partial charge in [0.1, 0.15) is 0 Å². The van der Waals surface area contributed by atoms with Crippen molar-refractivity contribution in [2.45, 2.75) is 76.5 Å². The molecule has 1 aliphatic heterocycles. The van der Waals surface area contributed by atoms with Gasteiger partial charge in [-0.25, -0.2) is 0 Å². The average Bonchev–Trinajstić information content (AvgIpc) is 3.29. The van der Waals surface area contributed by atoms with Gasteiger partial charge in [0.05, 0.1) is 5.71 Å². The standard InChI is InChI=1S/C26H32.C15H11NS/c1-3-5-9-19-13-15-25-23(21(19)11-6-4-2)17-18-24-22-12-8-7-10-20(22)14-16-26(24)25;1-2-6-12(7-3-1)15-13-8-4-5-9-14(13)17-11-10-16-15/h7-8,10,12,14,17-19H,3-6,9,11,13,15-16H2,1-2H3;1-11H. The Kier molecular flexibility index (Phi) is 9.75. The Bertz CT molecular complexity index is 1850. The minimum absolute atomic E-state index is 0.826. The minimum atomic E-state index is 0.826. The molecule has 0 amide bonds. The summed E-state index contributed by atoms with van der Waals surface area (Å²) in [5, 5.41) is 7.97. The summed E-state index contributed by atoms with van der Waals surface area (Å²) in [5.74, 6) is 0.826. The van der Waals surface area contributed by atoms with Crippen molar-refractivity contribution in [3.8, 4) is 0 Å². The Balaban J connectivity index is 0.000000167. The molecule has 43 heavy (non-hydrogen) atoms. The van der Waals surface area contributed by atoms with Gasteiger partial charge in [-0.05, 0) is 87.9 Å². The fourth-order valence-electron chi connectivity index (χ4n) is 6.95. The molecule has 3 aliphatic rings. The van der Waals surface area contributed by atoms with Crippen molar-refractivity contribution in [3.63, 3.8) is 0 Å². The van der Waals surface area contributed by atoms with Crippen LogP contribution in [-0.4, -0.2) is 5.71 Å². The van der Waals surface area contributed by atoms with Crippen LogP contribution in [0.3, 0.4) is 0 Å². The van der Waals surface area contributed by atoms with Crippen LogP contribution >= 0.6 is 11.8 Å². The molecule has 2 aliphatic carbocycles. The molecule has 1 unspecified atom stereocenters. The Hall–Kier alpha value is -3.62. The van der Waals surface area contributed by atoms with Crippen LogP contribution in [0, 0.1) is 16.4 Å². The summed E-state index contributed by atoms with van der Waals surface area (Å²) >= 11 is 1.71. The number of rotatable bonds is 7. The van der Waals surface area contributed by atoms with E-state index in [0.717, 1.165) is 23.6 Å². The average molecular weight is 582 g/mol. The topological polar surface area (TPSA) is 12.4 Å². The molecule has 0 saturated carbocycles. The molecule has 0 radical (unpaired) electrons. The van der Waals surface area contributed by atoms with E-state index in [9.17, 15) is 0 Å². The van der Waals surface area contributed by atoms with E-state index in [0.29, 0.717) is 0 Å². The third kappa shape index (κ3) is 6.50. The van der Waals surface area contributed by atoms with Gasteiger partial charge in [-0.15, -0.1) is 0 Å². The zero-order valence-corrected chi connectivity index (χ0v) is 26.5. The molecular weight excluding hydrogens is 539 g/mol. The van der Waals surface area contributed by atoms with Crippen molar-refractivity contribution < 1.29 is 0 Å². The molecule has 0 bridgehead atoms. The second-order valence-corrected chi connectivity index (χ2v) is 12.8. The predicted molar refractivity (Wildman–Crippen MR) is 186 cm³/mol. The highest BCUT2D eigenvalue weighted by Gasteiger charge is 2.22. The number of benzene rings is 4. The number of fused-ring (bicyclic) bond motifs is 5. The van der Waals surface area contributed by atoms with E-state index < -0.39 is 0 Å². The first-order chi connectivity index (χ1) is 21.3. The van der Waals surface area contributed by atoms with Crippen LogP contribution in [0.1, 0.15) is 81.0 Å². The summed E-state index contributed by atoms with van der Waals surface area (Å²) < 4.78 is 0. The first kappa shape index (κ1) is 29.5. The molecule has 2 heteroatoms. The number of nitrogens with zero attached hydrogens (tertiary/aromatic N) is 1. The van der Waals surface area contributed by atoms with Crippen LogP contribution in [-0.2, 0) is 12.8 Å². The van der Waals surface area contributed by atoms with Crippen LogP contribution in [0.5, 0.6) is 0 Å².